The Morgan fingerprint density at radius 3 is 2.94 bits per heavy atom. The summed E-state index contributed by atoms with van der Waals surface area (Å²) in [4.78, 5) is 40.7. The number of likely N-dealkylation sites (tertiary alicyclic amines) is 1. The van der Waals surface area contributed by atoms with Crippen molar-refractivity contribution in [3.05, 3.63) is 58.5 Å². The molecule has 1 spiro atoms. The summed E-state index contributed by atoms with van der Waals surface area (Å²) in [7, 11) is 1.74. The van der Waals surface area contributed by atoms with Crippen molar-refractivity contribution >= 4 is 28.4 Å². The van der Waals surface area contributed by atoms with Gasteiger partial charge >= 0.3 is 5.69 Å². The number of benzene rings is 1. The smallest absolute Gasteiger partial charge is 0.350 e. The summed E-state index contributed by atoms with van der Waals surface area (Å²) in [5, 5.41) is 8.50. The highest BCUT2D eigenvalue weighted by Gasteiger charge is 2.66. The van der Waals surface area contributed by atoms with Gasteiger partial charge in [0, 0.05) is 13.1 Å². The van der Waals surface area contributed by atoms with Crippen LogP contribution in [0.5, 0.6) is 0 Å². The molecule has 2 aromatic heterocycles. The van der Waals surface area contributed by atoms with Gasteiger partial charge in [-0.1, -0.05) is 30.4 Å². The minimum atomic E-state index is -0.696. The Hall–Kier alpha value is -3.46. The Morgan fingerprint density at radius 1 is 1.33 bits per heavy atom. The third-order valence-corrected chi connectivity index (χ3v) is 7.17. The van der Waals surface area contributed by atoms with Crippen LogP contribution in [-0.4, -0.2) is 62.2 Å². The van der Waals surface area contributed by atoms with Gasteiger partial charge in [-0.3, -0.25) is 9.59 Å². The number of ether oxygens (including phenoxy) is 1. The van der Waals surface area contributed by atoms with E-state index < -0.39 is 23.5 Å². The molecule has 3 aromatic rings. The van der Waals surface area contributed by atoms with Crippen molar-refractivity contribution in [2.75, 3.05) is 13.6 Å². The third-order valence-electron chi connectivity index (χ3n) is 7.17. The van der Waals surface area contributed by atoms with Gasteiger partial charge in [-0.15, -0.1) is 5.10 Å². The lowest BCUT2D eigenvalue weighted by Gasteiger charge is -2.25. The minimum Gasteiger partial charge on any atom is -0.360 e. The molecule has 5 atom stereocenters. The molecule has 2 bridgehead atoms. The number of carbonyl (C=O) groups excluding carboxylic acids is 2. The molecule has 9 nitrogen and oxygen atoms in total. The van der Waals surface area contributed by atoms with Crippen molar-refractivity contribution in [1.82, 2.24) is 24.4 Å². The van der Waals surface area contributed by atoms with E-state index in [1.807, 2.05) is 56.3 Å². The van der Waals surface area contributed by atoms with Crippen LogP contribution in [0.2, 0.25) is 0 Å². The van der Waals surface area contributed by atoms with Gasteiger partial charge < -0.3 is 15.0 Å². The molecule has 3 aliphatic rings. The van der Waals surface area contributed by atoms with E-state index in [-0.39, 0.29) is 30.1 Å². The second-order valence-corrected chi connectivity index (χ2v) is 9.51. The first-order chi connectivity index (χ1) is 15.8. The number of fused-ring (bicyclic) bond motifs is 4. The molecule has 0 saturated carbocycles. The fraction of sp³-hybridized carbons (Fsp3) is 0.417. The van der Waals surface area contributed by atoms with E-state index in [0.717, 1.165) is 16.5 Å². The van der Waals surface area contributed by atoms with E-state index in [0.29, 0.717) is 12.2 Å². The van der Waals surface area contributed by atoms with Crippen molar-refractivity contribution < 1.29 is 14.3 Å². The SMILES string of the molecule is Cc1cc2ccccc2n2c(=O)n(C[C@H](C)NC(=O)[C@@H]3[C@H]4C(=O)N(C)C[C@@]45C=C[C@H]3O5)nc12. The lowest BCUT2D eigenvalue weighted by atomic mass is 9.76. The van der Waals surface area contributed by atoms with Crippen LogP contribution in [0.1, 0.15) is 12.5 Å². The molecule has 1 aromatic carbocycles. The van der Waals surface area contributed by atoms with Crippen LogP contribution in [0.25, 0.3) is 16.6 Å². The summed E-state index contributed by atoms with van der Waals surface area (Å²) in [6, 6.07) is 9.35. The Bertz CT molecular complexity index is 1420. The largest absolute Gasteiger partial charge is 0.360 e. The van der Waals surface area contributed by atoms with Gasteiger partial charge in [0.25, 0.3) is 0 Å². The minimum absolute atomic E-state index is 0.0615. The molecule has 3 aliphatic heterocycles. The molecule has 0 aliphatic carbocycles. The van der Waals surface area contributed by atoms with Gasteiger partial charge in [0.05, 0.1) is 36.5 Å². The Labute approximate surface area is 189 Å². The summed E-state index contributed by atoms with van der Waals surface area (Å²) in [6.45, 7) is 4.45. The zero-order valence-electron chi connectivity index (χ0n) is 18.7. The van der Waals surface area contributed by atoms with Crippen molar-refractivity contribution in [2.45, 2.75) is 38.1 Å². The van der Waals surface area contributed by atoms with Crippen LogP contribution in [0.3, 0.4) is 0 Å². The van der Waals surface area contributed by atoms with Crippen LogP contribution in [0.4, 0.5) is 0 Å². The first-order valence-corrected chi connectivity index (χ1v) is 11.2. The zero-order chi connectivity index (χ0) is 23.1. The van der Waals surface area contributed by atoms with Crippen molar-refractivity contribution in [1.29, 1.82) is 0 Å². The fourth-order valence-electron chi connectivity index (χ4n) is 5.75. The maximum Gasteiger partial charge on any atom is 0.350 e. The maximum atomic E-state index is 13.2. The normalized spacial score (nSPS) is 28.8. The molecule has 1 N–H and O–H groups in total. The van der Waals surface area contributed by atoms with Gasteiger partial charge in [0.15, 0.2) is 5.65 Å². The zero-order valence-corrected chi connectivity index (χ0v) is 18.7. The first kappa shape index (κ1) is 20.2. The van der Waals surface area contributed by atoms with Crippen molar-refractivity contribution in [3.8, 4) is 0 Å². The van der Waals surface area contributed by atoms with E-state index in [2.05, 4.69) is 10.4 Å². The Kier molecular flexibility index (Phi) is 4.14. The second-order valence-electron chi connectivity index (χ2n) is 9.51. The fourth-order valence-corrected chi connectivity index (χ4v) is 5.75. The number of carbonyl (C=O) groups is 2. The predicted octanol–water partition coefficient (Wildman–Crippen LogP) is 0.874. The summed E-state index contributed by atoms with van der Waals surface area (Å²) in [6.07, 6.45) is 3.42. The average Bonchev–Trinajstić information content (AvgIpc) is 3.48. The topological polar surface area (TPSA) is 97.9 Å². The molecular weight excluding hydrogens is 422 g/mol. The highest BCUT2D eigenvalue weighted by atomic mass is 16.5. The molecule has 170 valence electrons. The summed E-state index contributed by atoms with van der Waals surface area (Å²) in [5.74, 6) is -1.37. The van der Waals surface area contributed by atoms with Gasteiger partial charge in [-0.2, -0.15) is 0 Å². The van der Waals surface area contributed by atoms with Gasteiger partial charge in [0.2, 0.25) is 11.8 Å². The number of hydrogen-bond donors (Lipinski definition) is 1. The van der Waals surface area contributed by atoms with E-state index >= 15 is 0 Å². The van der Waals surface area contributed by atoms with Crippen molar-refractivity contribution in [3.63, 3.8) is 0 Å². The van der Waals surface area contributed by atoms with Crippen molar-refractivity contribution in [2.24, 2.45) is 11.8 Å². The van der Waals surface area contributed by atoms with Crippen LogP contribution in [0.15, 0.2) is 47.3 Å². The second kappa shape index (κ2) is 6.77. The average molecular weight is 447 g/mol. The first-order valence-electron chi connectivity index (χ1n) is 11.2. The number of nitrogens with one attached hydrogen (secondary N) is 1. The van der Waals surface area contributed by atoms with E-state index in [1.54, 1.807) is 16.3 Å². The van der Waals surface area contributed by atoms with Gasteiger partial charge in [-0.25, -0.2) is 13.9 Å². The van der Waals surface area contributed by atoms with Crippen LogP contribution in [-0.2, 0) is 20.9 Å². The molecular formula is C24H25N5O4. The maximum absolute atomic E-state index is 13.2. The Balaban J connectivity index is 1.26. The lowest BCUT2D eigenvalue weighted by Crippen LogP contribution is -2.47. The van der Waals surface area contributed by atoms with E-state index in [9.17, 15) is 14.4 Å². The molecule has 0 radical (unpaired) electrons. The van der Waals surface area contributed by atoms with Crippen LogP contribution < -0.4 is 11.0 Å². The molecule has 0 unspecified atom stereocenters. The van der Waals surface area contributed by atoms with Crippen LogP contribution in [0, 0.1) is 18.8 Å². The standard InChI is InChI=1S/C24H25N5O4/c1-13-10-15-6-4-5-7-16(15)29-20(13)26-28(23(29)32)11-14(2)25-21(30)18-17-8-9-24(33-17)12-27(3)22(31)19(18)24/h4-10,14,17-19H,11-12H2,1-3H3,(H,25,30)/t14-,17+,18-,19-,24-/m0/s1. The number of aromatic nitrogens is 3. The number of amides is 2. The van der Waals surface area contributed by atoms with Gasteiger partial charge in [-0.05, 0) is 36.9 Å². The molecule has 2 fully saturated rings. The number of nitrogens with zero attached hydrogens (tertiary/aromatic N) is 4. The van der Waals surface area contributed by atoms with Gasteiger partial charge in [0.1, 0.15) is 5.60 Å². The highest BCUT2D eigenvalue weighted by Crippen LogP contribution is 2.51. The number of para-hydroxylation sites is 1. The number of aryl methyl sites for hydroxylation is 1. The summed E-state index contributed by atoms with van der Waals surface area (Å²) in [5.41, 5.74) is 1.36. The lowest BCUT2D eigenvalue weighted by molar-refractivity contribution is -0.137. The summed E-state index contributed by atoms with van der Waals surface area (Å²) >= 11 is 0. The molecule has 5 heterocycles. The molecule has 9 heteroatoms. The third kappa shape index (κ3) is 2.75. The number of pyridine rings is 1. The van der Waals surface area contributed by atoms with E-state index in [4.69, 9.17) is 4.74 Å². The quantitative estimate of drug-likeness (QED) is 0.599. The summed E-state index contributed by atoms with van der Waals surface area (Å²) < 4.78 is 9.08. The highest BCUT2D eigenvalue weighted by molar-refractivity contribution is 5.93. The predicted molar refractivity (Wildman–Crippen MR) is 121 cm³/mol. The molecule has 33 heavy (non-hydrogen) atoms. The number of hydrogen-bond acceptors (Lipinski definition) is 5. The molecule has 2 saturated heterocycles. The number of rotatable bonds is 4. The van der Waals surface area contributed by atoms with E-state index in [1.165, 1.54) is 4.68 Å². The monoisotopic (exact) mass is 447 g/mol. The molecule has 6 rings (SSSR count). The number of likely N-dealkylation sites (N-methyl/N-ethyl adjacent to an activating group) is 1. The Morgan fingerprint density at radius 2 is 2.12 bits per heavy atom. The van der Waals surface area contributed by atoms with Crippen LogP contribution >= 0.6 is 0 Å². The molecule has 2 amide bonds.